The molecule has 0 bridgehead atoms. The largest absolute Gasteiger partial charge is 0.355 e. The van der Waals surface area contributed by atoms with E-state index < -0.39 is 0 Å². The van der Waals surface area contributed by atoms with Crippen molar-refractivity contribution in [2.45, 2.75) is 19.3 Å². The molecule has 1 aliphatic heterocycles. The number of nitrogens with zero attached hydrogens (tertiary/aromatic N) is 3. The van der Waals surface area contributed by atoms with Gasteiger partial charge in [0.25, 0.3) is 5.91 Å². The number of carbonyl (C=O) groups is 1. The summed E-state index contributed by atoms with van der Waals surface area (Å²) in [6.45, 7) is 2.10. The van der Waals surface area contributed by atoms with Crippen molar-refractivity contribution in [1.29, 1.82) is 0 Å². The van der Waals surface area contributed by atoms with Crippen LogP contribution in [0.25, 0.3) is 11.3 Å². The Morgan fingerprint density at radius 1 is 0.852 bits per heavy atom. The second-order valence-corrected chi connectivity index (χ2v) is 6.73. The highest BCUT2D eigenvalue weighted by Gasteiger charge is 2.13. The second-order valence-electron chi connectivity index (χ2n) is 6.73. The van der Waals surface area contributed by atoms with Crippen LogP contribution in [0.5, 0.6) is 0 Å². The summed E-state index contributed by atoms with van der Waals surface area (Å²) in [5, 5.41) is 11.7. The number of carbonyl (C=O) groups excluding carboxylic acids is 1. The van der Waals surface area contributed by atoms with Gasteiger partial charge >= 0.3 is 0 Å². The highest BCUT2D eigenvalue weighted by molar-refractivity contribution is 6.04. The highest BCUT2D eigenvalue weighted by atomic mass is 16.1. The fourth-order valence-electron chi connectivity index (χ4n) is 3.32. The van der Waals surface area contributed by atoms with Crippen molar-refractivity contribution >= 4 is 17.4 Å². The Bertz CT molecular complexity index is 903. The number of anilines is 2. The lowest BCUT2D eigenvalue weighted by Crippen LogP contribution is -2.30. The molecule has 2 heterocycles. The first kappa shape index (κ1) is 17.2. The van der Waals surface area contributed by atoms with Crippen LogP contribution in [0.1, 0.15) is 29.6 Å². The summed E-state index contributed by atoms with van der Waals surface area (Å²) in [7, 11) is 0. The van der Waals surface area contributed by atoms with E-state index in [4.69, 9.17) is 0 Å². The Morgan fingerprint density at radius 3 is 2.41 bits per heavy atom. The fraction of sp³-hybridized carbons (Fsp3) is 0.227. The van der Waals surface area contributed by atoms with Gasteiger partial charge in [-0.2, -0.15) is 0 Å². The van der Waals surface area contributed by atoms with Crippen LogP contribution in [-0.2, 0) is 0 Å². The molecule has 27 heavy (non-hydrogen) atoms. The molecule has 1 amide bonds. The average molecular weight is 358 g/mol. The molecule has 0 radical (unpaired) electrons. The Balaban J connectivity index is 1.49. The van der Waals surface area contributed by atoms with E-state index in [0.29, 0.717) is 5.56 Å². The van der Waals surface area contributed by atoms with Crippen molar-refractivity contribution in [3.05, 3.63) is 72.3 Å². The first-order valence-corrected chi connectivity index (χ1v) is 9.35. The molecule has 0 aliphatic carbocycles. The third kappa shape index (κ3) is 4.14. The Labute approximate surface area is 159 Å². The van der Waals surface area contributed by atoms with E-state index in [1.54, 1.807) is 12.1 Å². The molecular formula is C22H22N4O. The van der Waals surface area contributed by atoms with Crippen LogP contribution in [0.15, 0.2) is 66.7 Å². The average Bonchev–Trinajstić information content (AvgIpc) is 2.75. The lowest BCUT2D eigenvalue weighted by Gasteiger charge is -2.27. The lowest BCUT2D eigenvalue weighted by atomic mass is 10.1. The topological polar surface area (TPSA) is 58.1 Å². The molecule has 5 heteroatoms. The number of amides is 1. The minimum absolute atomic E-state index is 0.126. The van der Waals surface area contributed by atoms with Crippen LogP contribution in [0.2, 0.25) is 0 Å². The number of nitrogens with one attached hydrogen (secondary N) is 1. The van der Waals surface area contributed by atoms with Gasteiger partial charge in [-0.3, -0.25) is 4.79 Å². The molecule has 136 valence electrons. The molecule has 2 aromatic carbocycles. The number of hydrogen-bond acceptors (Lipinski definition) is 4. The normalized spacial score (nSPS) is 14.0. The first-order valence-electron chi connectivity index (χ1n) is 9.35. The zero-order valence-electron chi connectivity index (χ0n) is 15.1. The summed E-state index contributed by atoms with van der Waals surface area (Å²) < 4.78 is 0. The van der Waals surface area contributed by atoms with Crippen molar-refractivity contribution in [3.8, 4) is 11.3 Å². The Kier molecular flexibility index (Phi) is 5.10. The first-order chi connectivity index (χ1) is 13.3. The Hall–Kier alpha value is -3.21. The minimum atomic E-state index is -0.126. The number of hydrogen-bond donors (Lipinski definition) is 1. The smallest absolute Gasteiger partial charge is 0.255 e. The molecule has 0 spiro atoms. The number of rotatable bonds is 4. The molecule has 1 N–H and O–H groups in total. The summed E-state index contributed by atoms with van der Waals surface area (Å²) in [6, 6.07) is 20.9. The zero-order chi connectivity index (χ0) is 18.5. The zero-order valence-corrected chi connectivity index (χ0v) is 15.1. The summed E-state index contributed by atoms with van der Waals surface area (Å²) in [6.07, 6.45) is 3.72. The predicted molar refractivity (Wildman–Crippen MR) is 108 cm³/mol. The van der Waals surface area contributed by atoms with Crippen LogP contribution in [0.3, 0.4) is 0 Å². The number of aromatic nitrogens is 2. The fourth-order valence-corrected chi connectivity index (χ4v) is 3.32. The van der Waals surface area contributed by atoms with Gasteiger partial charge in [-0.15, -0.1) is 10.2 Å². The third-order valence-corrected chi connectivity index (χ3v) is 4.78. The summed E-state index contributed by atoms with van der Waals surface area (Å²) in [5.74, 6) is 0.811. The van der Waals surface area contributed by atoms with Gasteiger partial charge in [-0.05, 0) is 55.7 Å². The monoisotopic (exact) mass is 358 g/mol. The second kappa shape index (κ2) is 7.99. The van der Waals surface area contributed by atoms with Crippen LogP contribution in [0.4, 0.5) is 11.5 Å². The third-order valence-electron chi connectivity index (χ3n) is 4.78. The van der Waals surface area contributed by atoms with Gasteiger partial charge in [0.05, 0.1) is 5.69 Å². The number of piperidine rings is 1. The van der Waals surface area contributed by atoms with E-state index in [-0.39, 0.29) is 5.91 Å². The van der Waals surface area contributed by atoms with Gasteiger partial charge < -0.3 is 10.2 Å². The maximum absolute atomic E-state index is 12.3. The molecular weight excluding hydrogens is 336 g/mol. The molecule has 1 fully saturated rings. The molecule has 0 atom stereocenters. The standard InChI is InChI=1S/C22H22N4O/c27-22(17-8-3-1-4-9-17)23-19-11-7-10-18(16-19)20-12-13-21(25-24-20)26-14-5-2-6-15-26/h1,3-4,7-13,16H,2,5-6,14-15H2,(H,23,27). The van der Waals surface area contributed by atoms with Crippen molar-refractivity contribution in [2.24, 2.45) is 0 Å². The van der Waals surface area contributed by atoms with Gasteiger partial charge in [-0.25, -0.2) is 0 Å². The molecule has 1 aliphatic rings. The molecule has 3 aromatic rings. The maximum Gasteiger partial charge on any atom is 0.255 e. The van der Waals surface area contributed by atoms with E-state index in [1.165, 1.54) is 19.3 Å². The van der Waals surface area contributed by atoms with Crippen LogP contribution in [0, 0.1) is 0 Å². The van der Waals surface area contributed by atoms with Gasteiger partial charge in [0, 0.05) is 29.9 Å². The van der Waals surface area contributed by atoms with Crippen molar-refractivity contribution in [1.82, 2.24) is 10.2 Å². The van der Waals surface area contributed by atoms with Gasteiger partial charge in [0.2, 0.25) is 0 Å². The molecule has 1 aromatic heterocycles. The van der Waals surface area contributed by atoms with E-state index in [9.17, 15) is 4.79 Å². The van der Waals surface area contributed by atoms with Crippen LogP contribution >= 0.6 is 0 Å². The van der Waals surface area contributed by atoms with Crippen molar-refractivity contribution in [3.63, 3.8) is 0 Å². The van der Waals surface area contributed by atoms with Crippen LogP contribution < -0.4 is 10.2 Å². The van der Waals surface area contributed by atoms with E-state index in [0.717, 1.165) is 35.9 Å². The van der Waals surface area contributed by atoms with E-state index in [1.807, 2.05) is 54.6 Å². The predicted octanol–water partition coefficient (Wildman–Crippen LogP) is 4.39. The summed E-state index contributed by atoms with van der Waals surface area (Å²) in [5.41, 5.74) is 3.10. The Morgan fingerprint density at radius 2 is 1.67 bits per heavy atom. The molecule has 5 nitrogen and oxygen atoms in total. The van der Waals surface area contributed by atoms with Crippen LogP contribution in [-0.4, -0.2) is 29.2 Å². The summed E-state index contributed by atoms with van der Waals surface area (Å²) >= 11 is 0. The lowest BCUT2D eigenvalue weighted by molar-refractivity contribution is 0.102. The molecule has 4 rings (SSSR count). The van der Waals surface area contributed by atoms with Gasteiger partial charge in [0.15, 0.2) is 5.82 Å². The molecule has 0 unspecified atom stereocenters. The molecule has 1 saturated heterocycles. The SMILES string of the molecule is O=C(Nc1cccc(-c2ccc(N3CCCCC3)nn2)c1)c1ccccc1. The molecule has 0 saturated carbocycles. The van der Waals surface area contributed by atoms with E-state index in [2.05, 4.69) is 20.4 Å². The van der Waals surface area contributed by atoms with E-state index >= 15 is 0 Å². The quantitative estimate of drug-likeness (QED) is 0.752. The van der Waals surface area contributed by atoms with Gasteiger partial charge in [-0.1, -0.05) is 30.3 Å². The highest BCUT2D eigenvalue weighted by Crippen LogP contribution is 2.23. The van der Waals surface area contributed by atoms with Crippen molar-refractivity contribution < 1.29 is 4.79 Å². The summed E-state index contributed by atoms with van der Waals surface area (Å²) in [4.78, 5) is 14.6. The van der Waals surface area contributed by atoms with Gasteiger partial charge in [0.1, 0.15) is 0 Å². The number of benzene rings is 2. The minimum Gasteiger partial charge on any atom is -0.355 e. The maximum atomic E-state index is 12.3. The van der Waals surface area contributed by atoms with Crippen molar-refractivity contribution in [2.75, 3.05) is 23.3 Å².